The van der Waals surface area contributed by atoms with Crippen LogP contribution in [0.25, 0.3) is 20.9 Å². The first-order valence-electron chi connectivity index (χ1n) is 6.76. The van der Waals surface area contributed by atoms with E-state index in [-0.39, 0.29) is 11.5 Å². The molecular formula is C17H11ClFNO2S. The smallest absolute Gasteiger partial charge is 0.258 e. The van der Waals surface area contributed by atoms with Crippen LogP contribution in [0.3, 0.4) is 0 Å². The zero-order valence-corrected chi connectivity index (χ0v) is 13.6. The fourth-order valence-corrected chi connectivity index (χ4v) is 3.80. The van der Waals surface area contributed by atoms with E-state index in [2.05, 4.69) is 0 Å². The Kier molecular flexibility index (Phi) is 4.15. The number of nitro benzene ring substituents is 1. The van der Waals surface area contributed by atoms with Crippen LogP contribution in [0.4, 0.5) is 10.1 Å². The zero-order chi connectivity index (χ0) is 16.6. The van der Waals surface area contributed by atoms with Gasteiger partial charge in [0.2, 0.25) is 0 Å². The maximum Gasteiger partial charge on any atom is 0.270 e. The first-order valence-corrected chi connectivity index (χ1v) is 7.96. The zero-order valence-electron chi connectivity index (χ0n) is 12.0. The van der Waals surface area contributed by atoms with E-state index in [4.69, 9.17) is 11.6 Å². The quantitative estimate of drug-likeness (QED) is 0.425. The Morgan fingerprint density at radius 1 is 1.13 bits per heavy atom. The fraction of sp³-hybridized carbons (Fsp3) is 0.0588. The molecule has 0 spiro atoms. The number of benzene rings is 2. The molecule has 0 unspecified atom stereocenters. The second-order valence-corrected chi connectivity index (χ2v) is 6.51. The summed E-state index contributed by atoms with van der Waals surface area (Å²) in [5, 5.41) is 11.4. The predicted molar refractivity (Wildman–Crippen MR) is 91.6 cm³/mol. The summed E-state index contributed by atoms with van der Waals surface area (Å²) >= 11 is 7.67. The highest BCUT2D eigenvalue weighted by Gasteiger charge is 2.15. The van der Waals surface area contributed by atoms with E-state index >= 15 is 0 Å². The van der Waals surface area contributed by atoms with Crippen LogP contribution in [0.2, 0.25) is 5.02 Å². The van der Waals surface area contributed by atoms with E-state index in [1.54, 1.807) is 12.1 Å². The molecule has 3 rings (SSSR count). The number of hydrogen-bond acceptors (Lipinski definition) is 3. The highest BCUT2D eigenvalue weighted by Crippen LogP contribution is 2.41. The molecule has 2 aromatic carbocycles. The van der Waals surface area contributed by atoms with Crippen LogP contribution >= 0.6 is 22.9 Å². The number of nitro groups is 1. The van der Waals surface area contributed by atoms with Gasteiger partial charge in [-0.2, -0.15) is 0 Å². The van der Waals surface area contributed by atoms with Crippen LogP contribution in [-0.2, 0) is 0 Å². The molecule has 0 atom stereocenters. The van der Waals surface area contributed by atoms with Crippen molar-refractivity contribution in [1.82, 2.24) is 0 Å². The lowest BCUT2D eigenvalue weighted by molar-refractivity contribution is -0.384. The van der Waals surface area contributed by atoms with Crippen molar-refractivity contribution in [3.63, 3.8) is 0 Å². The largest absolute Gasteiger partial charge is 0.270 e. The van der Waals surface area contributed by atoms with Gasteiger partial charge in [0, 0.05) is 32.5 Å². The molecule has 3 aromatic rings. The molecule has 23 heavy (non-hydrogen) atoms. The Bertz CT molecular complexity index is 890. The average Bonchev–Trinajstić information content (AvgIpc) is 2.90. The van der Waals surface area contributed by atoms with Crippen molar-refractivity contribution >= 4 is 28.6 Å². The minimum absolute atomic E-state index is 0.00112. The molecule has 0 aliphatic rings. The van der Waals surface area contributed by atoms with E-state index in [0.717, 1.165) is 20.9 Å². The molecule has 0 radical (unpaired) electrons. The lowest BCUT2D eigenvalue weighted by atomic mass is 10.1. The predicted octanol–water partition coefficient (Wildman–Crippen LogP) is 6.09. The van der Waals surface area contributed by atoms with Gasteiger partial charge in [-0.15, -0.1) is 11.3 Å². The summed E-state index contributed by atoms with van der Waals surface area (Å²) in [5.41, 5.74) is 2.54. The molecule has 0 bridgehead atoms. The van der Waals surface area contributed by atoms with Crippen molar-refractivity contribution in [2.24, 2.45) is 0 Å². The molecule has 6 heteroatoms. The highest BCUT2D eigenvalue weighted by atomic mass is 35.5. The molecule has 0 N–H and O–H groups in total. The van der Waals surface area contributed by atoms with Crippen LogP contribution in [0.1, 0.15) is 5.56 Å². The third kappa shape index (κ3) is 3.11. The van der Waals surface area contributed by atoms with Gasteiger partial charge in [-0.05, 0) is 42.3 Å². The maximum absolute atomic E-state index is 13.1. The summed E-state index contributed by atoms with van der Waals surface area (Å²) in [4.78, 5) is 12.3. The Balaban J connectivity index is 2.09. The van der Waals surface area contributed by atoms with Crippen molar-refractivity contribution in [3.05, 3.63) is 75.0 Å². The monoisotopic (exact) mass is 347 g/mol. The molecule has 0 amide bonds. The molecule has 0 aliphatic carbocycles. The third-order valence-electron chi connectivity index (χ3n) is 3.45. The number of rotatable bonds is 3. The minimum atomic E-state index is -0.443. The summed E-state index contributed by atoms with van der Waals surface area (Å²) in [6.07, 6.45) is 0. The maximum atomic E-state index is 13.1. The fourth-order valence-electron chi connectivity index (χ4n) is 2.32. The standard InChI is InChI=1S/C17H11ClFNO2S/c1-10-8-16(14-9-13(20(21)22)6-7-15(14)18)23-17(10)11-2-4-12(19)5-3-11/h2-9H,1H3. The van der Waals surface area contributed by atoms with Gasteiger partial charge in [-0.1, -0.05) is 23.7 Å². The van der Waals surface area contributed by atoms with Crippen molar-refractivity contribution in [1.29, 1.82) is 0 Å². The van der Waals surface area contributed by atoms with Crippen LogP contribution in [0.15, 0.2) is 48.5 Å². The summed E-state index contributed by atoms with van der Waals surface area (Å²) in [7, 11) is 0. The number of aryl methyl sites for hydroxylation is 1. The van der Waals surface area contributed by atoms with E-state index in [9.17, 15) is 14.5 Å². The van der Waals surface area contributed by atoms with Crippen molar-refractivity contribution in [2.45, 2.75) is 6.92 Å². The lowest BCUT2D eigenvalue weighted by Crippen LogP contribution is -1.88. The van der Waals surface area contributed by atoms with Crippen molar-refractivity contribution < 1.29 is 9.31 Å². The summed E-state index contributed by atoms with van der Waals surface area (Å²) in [6.45, 7) is 1.95. The van der Waals surface area contributed by atoms with Gasteiger partial charge >= 0.3 is 0 Å². The summed E-state index contributed by atoms with van der Waals surface area (Å²) in [6, 6.07) is 12.6. The minimum Gasteiger partial charge on any atom is -0.258 e. The van der Waals surface area contributed by atoms with Crippen LogP contribution in [-0.4, -0.2) is 4.92 Å². The van der Waals surface area contributed by atoms with Crippen LogP contribution < -0.4 is 0 Å². The van der Waals surface area contributed by atoms with E-state index < -0.39 is 4.92 Å². The Morgan fingerprint density at radius 3 is 2.48 bits per heavy atom. The van der Waals surface area contributed by atoms with Gasteiger partial charge in [-0.3, -0.25) is 10.1 Å². The topological polar surface area (TPSA) is 43.1 Å². The number of thiophene rings is 1. The second-order valence-electron chi connectivity index (χ2n) is 5.05. The summed E-state index contributed by atoms with van der Waals surface area (Å²) < 4.78 is 13.1. The molecule has 3 nitrogen and oxygen atoms in total. The number of nitrogens with zero attached hydrogens (tertiary/aromatic N) is 1. The lowest BCUT2D eigenvalue weighted by Gasteiger charge is -2.01. The van der Waals surface area contributed by atoms with E-state index in [1.807, 2.05) is 13.0 Å². The van der Waals surface area contributed by atoms with Crippen LogP contribution in [0.5, 0.6) is 0 Å². The Labute approximate surface area is 141 Å². The van der Waals surface area contributed by atoms with Gasteiger partial charge in [-0.25, -0.2) is 4.39 Å². The van der Waals surface area contributed by atoms with Gasteiger partial charge in [0.1, 0.15) is 5.82 Å². The van der Waals surface area contributed by atoms with Gasteiger partial charge in [0.25, 0.3) is 5.69 Å². The van der Waals surface area contributed by atoms with Gasteiger partial charge in [0.05, 0.1) is 4.92 Å². The normalized spacial score (nSPS) is 10.7. The van der Waals surface area contributed by atoms with Crippen molar-refractivity contribution in [3.8, 4) is 20.9 Å². The van der Waals surface area contributed by atoms with Gasteiger partial charge < -0.3 is 0 Å². The molecule has 1 aromatic heterocycles. The molecule has 116 valence electrons. The number of non-ortho nitro benzene ring substituents is 1. The van der Waals surface area contributed by atoms with E-state index in [0.29, 0.717) is 10.6 Å². The first kappa shape index (κ1) is 15.6. The van der Waals surface area contributed by atoms with Crippen LogP contribution in [0, 0.1) is 22.9 Å². The number of halogens is 2. The molecule has 0 saturated heterocycles. The summed E-state index contributed by atoms with van der Waals surface area (Å²) in [5.74, 6) is -0.287. The molecule has 0 fully saturated rings. The molecule has 0 aliphatic heterocycles. The SMILES string of the molecule is Cc1cc(-c2cc([N+](=O)[O-])ccc2Cl)sc1-c1ccc(F)cc1. The average molecular weight is 348 g/mol. The number of hydrogen-bond donors (Lipinski definition) is 0. The first-order chi connectivity index (χ1) is 11.0. The van der Waals surface area contributed by atoms with Gasteiger partial charge in [0.15, 0.2) is 0 Å². The second kappa shape index (κ2) is 6.10. The van der Waals surface area contributed by atoms with E-state index in [1.165, 1.54) is 41.7 Å². The Hall–Kier alpha value is -2.24. The molecular weight excluding hydrogens is 337 g/mol. The Morgan fingerprint density at radius 2 is 1.83 bits per heavy atom. The highest BCUT2D eigenvalue weighted by molar-refractivity contribution is 7.19. The molecule has 0 saturated carbocycles. The van der Waals surface area contributed by atoms with Crippen molar-refractivity contribution in [2.75, 3.05) is 0 Å². The molecule has 1 heterocycles. The third-order valence-corrected chi connectivity index (χ3v) is 5.10.